The fraction of sp³-hybridized carbons (Fsp3) is 0.0588. The molecule has 0 amide bonds. The smallest absolute Gasteiger partial charge is 0.250 e. The normalized spacial score (nSPS) is 11.1. The highest BCUT2D eigenvalue weighted by atomic mass is 35.5. The lowest BCUT2D eigenvalue weighted by Crippen LogP contribution is -1.89. The zero-order valence-electron chi connectivity index (χ0n) is 12.2. The summed E-state index contributed by atoms with van der Waals surface area (Å²) in [5.74, 6) is 1.39. The molecule has 1 aromatic heterocycles. The molecule has 0 spiro atoms. The Bertz CT molecular complexity index is 859. The molecule has 4 nitrogen and oxygen atoms in total. The van der Waals surface area contributed by atoms with Crippen molar-refractivity contribution in [2.75, 3.05) is 7.11 Å². The van der Waals surface area contributed by atoms with E-state index in [1.54, 1.807) is 31.4 Å². The van der Waals surface area contributed by atoms with Crippen molar-refractivity contribution in [3.63, 3.8) is 0 Å². The highest BCUT2D eigenvalue weighted by Gasteiger charge is 2.13. The van der Waals surface area contributed by atoms with Crippen LogP contribution in [0.5, 0.6) is 5.75 Å². The minimum atomic E-state index is 0.363. The second-order valence-electron chi connectivity index (χ2n) is 4.66. The number of halogens is 2. The summed E-state index contributed by atoms with van der Waals surface area (Å²) in [5, 5.41) is 5.18. The van der Waals surface area contributed by atoms with E-state index in [-0.39, 0.29) is 0 Å². The minimum Gasteiger partial charge on any atom is -0.496 e. The Morgan fingerprint density at radius 3 is 2.70 bits per heavy atom. The van der Waals surface area contributed by atoms with Gasteiger partial charge < -0.3 is 9.26 Å². The molecule has 3 rings (SSSR count). The van der Waals surface area contributed by atoms with E-state index in [4.69, 9.17) is 32.5 Å². The van der Waals surface area contributed by atoms with Crippen LogP contribution in [-0.2, 0) is 0 Å². The molecule has 0 bridgehead atoms. The summed E-state index contributed by atoms with van der Waals surface area (Å²) in [6.07, 6.45) is 3.52. The van der Waals surface area contributed by atoms with Crippen LogP contribution in [0, 0.1) is 0 Å². The molecule has 0 aliphatic rings. The van der Waals surface area contributed by atoms with Crippen LogP contribution in [-0.4, -0.2) is 17.3 Å². The van der Waals surface area contributed by atoms with Crippen molar-refractivity contribution < 1.29 is 9.26 Å². The standard InChI is InChI=1S/C17H12Cl2N2O2/c1-22-15-8-7-12(18)10-13(15)17-20-16(23-21-17)9-6-11-4-2-3-5-14(11)19/h2-10H,1H3/b9-6+. The van der Waals surface area contributed by atoms with Gasteiger partial charge in [0.1, 0.15) is 5.75 Å². The first-order valence-electron chi connectivity index (χ1n) is 6.77. The number of hydrogen-bond acceptors (Lipinski definition) is 4. The van der Waals surface area contributed by atoms with Gasteiger partial charge >= 0.3 is 0 Å². The molecular formula is C17H12Cl2N2O2. The molecule has 116 valence electrons. The summed E-state index contributed by atoms with van der Waals surface area (Å²) >= 11 is 12.1. The molecular weight excluding hydrogens is 335 g/mol. The highest BCUT2D eigenvalue weighted by molar-refractivity contribution is 6.32. The van der Waals surface area contributed by atoms with Crippen LogP contribution in [0.4, 0.5) is 0 Å². The lowest BCUT2D eigenvalue weighted by Gasteiger charge is -2.04. The molecule has 0 saturated heterocycles. The van der Waals surface area contributed by atoms with Gasteiger partial charge in [-0.1, -0.05) is 46.6 Å². The van der Waals surface area contributed by atoms with Gasteiger partial charge in [0.2, 0.25) is 5.82 Å². The fourth-order valence-corrected chi connectivity index (χ4v) is 2.41. The monoisotopic (exact) mass is 346 g/mol. The van der Waals surface area contributed by atoms with Gasteiger partial charge in [-0.2, -0.15) is 4.98 Å². The minimum absolute atomic E-state index is 0.363. The zero-order valence-corrected chi connectivity index (χ0v) is 13.7. The second kappa shape index (κ2) is 6.86. The van der Waals surface area contributed by atoms with E-state index in [9.17, 15) is 0 Å². The van der Waals surface area contributed by atoms with Crippen molar-refractivity contribution in [1.82, 2.24) is 10.1 Å². The fourth-order valence-electron chi connectivity index (χ4n) is 2.04. The van der Waals surface area contributed by atoms with Gasteiger partial charge in [-0.15, -0.1) is 0 Å². The van der Waals surface area contributed by atoms with Gasteiger partial charge in [0.05, 0.1) is 12.7 Å². The van der Waals surface area contributed by atoms with Crippen LogP contribution in [0.3, 0.4) is 0 Å². The molecule has 2 aromatic carbocycles. The molecule has 1 heterocycles. The van der Waals surface area contributed by atoms with Crippen LogP contribution >= 0.6 is 23.2 Å². The van der Waals surface area contributed by atoms with Gasteiger partial charge in [-0.25, -0.2) is 0 Å². The lowest BCUT2D eigenvalue weighted by atomic mass is 10.2. The predicted octanol–water partition coefficient (Wildman–Crippen LogP) is 5.22. The van der Waals surface area contributed by atoms with Crippen molar-refractivity contribution in [1.29, 1.82) is 0 Å². The summed E-state index contributed by atoms with van der Waals surface area (Å²) < 4.78 is 10.5. The van der Waals surface area contributed by atoms with E-state index in [1.165, 1.54) is 0 Å². The Labute approximate surface area is 143 Å². The van der Waals surface area contributed by atoms with Crippen molar-refractivity contribution >= 4 is 35.4 Å². The number of benzene rings is 2. The maximum absolute atomic E-state index is 6.10. The van der Waals surface area contributed by atoms with Crippen LogP contribution in [0.1, 0.15) is 11.5 Å². The number of hydrogen-bond donors (Lipinski definition) is 0. The Hall–Kier alpha value is -2.30. The molecule has 0 N–H and O–H groups in total. The SMILES string of the molecule is COc1ccc(Cl)cc1-c1noc(/C=C/c2ccccc2Cl)n1. The van der Waals surface area contributed by atoms with Gasteiger partial charge in [0.25, 0.3) is 5.89 Å². The Morgan fingerprint density at radius 1 is 1.09 bits per heavy atom. The Morgan fingerprint density at radius 2 is 1.91 bits per heavy atom. The third-order valence-corrected chi connectivity index (χ3v) is 3.73. The number of nitrogens with zero attached hydrogens (tertiary/aromatic N) is 2. The second-order valence-corrected chi connectivity index (χ2v) is 5.50. The number of methoxy groups -OCH3 is 1. The molecule has 3 aromatic rings. The topological polar surface area (TPSA) is 48.2 Å². The van der Waals surface area contributed by atoms with Gasteiger partial charge in [-0.05, 0) is 35.9 Å². The zero-order chi connectivity index (χ0) is 16.2. The van der Waals surface area contributed by atoms with Gasteiger partial charge in [-0.3, -0.25) is 0 Å². The maximum Gasteiger partial charge on any atom is 0.250 e. The van der Waals surface area contributed by atoms with Crippen LogP contribution in [0.15, 0.2) is 47.0 Å². The largest absolute Gasteiger partial charge is 0.496 e. The molecule has 0 aliphatic carbocycles. The molecule has 0 atom stereocenters. The third kappa shape index (κ3) is 3.55. The number of aromatic nitrogens is 2. The van der Waals surface area contributed by atoms with Crippen LogP contribution in [0.2, 0.25) is 10.0 Å². The summed E-state index contributed by atoms with van der Waals surface area (Å²) in [5.41, 5.74) is 1.54. The van der Waals surface area contributed by atoms with Crippen molar-refractivity contribution in [3.05, 3.63) is 64.0 Å². The molecule has 6 heteroatoms. The van der Waals surface area contributed by atoms with Crippen LogP contribution in [0.25, 0.3) is 23.5 Å². The van der Waals surface area contributed by atoms with Crippen molar-refractivity contribution in [2.24, 2.45) is 0 Å². The number of rotatable bonds is 4. The molecule has 0 unspecified atom stereocenters. The first-order valence-corrected chi connectivity index (χ1v) is 7.53. The van der Waals surface area contributed by atoms with Crippen molar-refractivity contribution in [2.45, 2.75) is 0 Å². The first-order chi connectivity index (χ1) is 11.2. The predicted molar refractivity (Wildman–Crippen MR) is 91.7 cm³/mol. The summed E-state index contributed by atoms with van der Waals surface area (Å²) in [6.45, 7) is 0. The van der Waals surface area contributed by atoms with E-state index in [0.717, 1.165) is 5.56 Å². The van der Waals surface area contributed by atoms with Crippen molar-refractivity contribution in [3.8, 4) is 17.1 Å². The average molecular weight is 347 g/mol. The maximum atomic E-state index is 6.10. The first kappa shape index (κ1) is 15.6. The van der Waals surface area contributed by atoms with Crippen LogP contribution < -0.4 is 4.74 Å². The summed E-state index contributed by atoms with van der Waals surface area (Å²) in [6, 6.07) is 12.7. The van der Waals surface area contributed by atoms with E-state index in [1.807, 2.05) is 30.3 Å². The molecule has 0 fully saturated rings. The molecule has 0 aliphatic heterocycles. The highest BCUT2D eigenvalue weighted by Crippen LogP contribution is 2.30. The molecule has 0 saturated carbocycles. The van der Waals surface area contributed by atoms with Gasteiger partial charge in [0, 0.05) is 16.1 Å². The molecule has 23 heavy (non-hydrogen) atoms. The lowest BCUT2D eigenvalue weighted by molar-refractivity contribution is 0.406. The quantitative estimate of drug-likeness (QED) is 0.649. The van der Waals surface area contributed by atoms with Gasteiger partial charge in [0.15, 0.2) is 0 Å². The summed E-state index contributed by atoms with van der Waals surface area (Å²) in [4.78, 5) is 4.33. The van der Waals surface area contributed by atoms with E-state index < -0.39 is 0 Å². The average Bonchev–Trinajstić information content (AvgIpc) is 3.03. The Kier molecular flexibility index (Phi) is 4.65. The third-order valence-electron chi connectivity index (χ3n) is 3.15. The Balaban J connectivity index is 1.89. The van der Waals surface area contributed by atoms with E-state index in [2.05, 4.69) is 10.1 Å². The summed E-state index contributed by atoms with van der Waals surface area (Å²) in [7, 11) is 1.57. The molecule has 0 radical (unpaired) electrons. The number of ether oxygens (including phenoxy) is 1. The van der Waals surface area contributed by atoms with E-state index in [0.29, 0.717) is 33.1 Å². The van der Waals surface area contributed by atoms with E-state index >= 15 is 0 Å².